The Morgan fingerprint density at radius 1 is 1.25 bits per heavy atom. The number of hydrogen-bond acceptors (Lipinski definition) is 4. The molecule has 1 atom stereocenters. The maximum Gasteiger partial charge on any atom is 0.573 e. The summed E-state index contributed by atoms with van der Waals surface area (Å²) in [4.78, 5) is 2.01. The first-order valence-electron chi connectivity index (χ1n) is 6.77. The number of nitrogens with one attached hydrogen (secondary N) is 1. The van der Waals surface area contributed by atoms with Crippen LogP contribution in [-0.4, -0.2) is 37.4 Å². The molecule has 10 heteroatoms. The molecule has 0 spiro atoms. The summed E-state index contributed by atoms with van der Waals surface area (Å²) in [5, 5.41) is 12.1. The van der Waals surface area contributed by atoms with E-state index >= 15 is 0 Å². The van der Waals surface area contributed by atoms with Crippen LogP contribution in [-0.2, 0) is 0 Å². The van der Waals surface area contributed by atoms with Gasteiger partial charge in [0.1, 0.15) is 0 Å². The van der Waals surface area contributed by atoms with E-state index in [1.807, 2.05) is 11.0 Å². The van der Waals surface area contributed by atoms with Crippen molar-refractivity contribution in [3.63, 3.8) is 0 Å². The highest BCUT2D eigenvalue weighted by Crippen LogP contribution is 2.30. The zero-order valence-electron chi connectivity index (χ0n) is 12.5. The van der Waals surface area contributed by atoms with Gasteiger partial charge in [0.05, 0.1) is 12.5 Å². The predicted molar refractivity (Wildman–Crippen MR) is 85.0 cm³/mol. The van der Waals surface area contributed by atoms with Crippen LogP contribution in [0.5, 0.6) is 5.75 Å². The quantitative estimate of drug-likeness (QED) is 0.801. The molecule has 1 aromatic carbocycles. The van der Waals surface area contributed by atoms with E-state index in [1.165, 1.54) is 6.07 Å². The van der Waals surface area contributed by atoms with Gasteiger partial charge in [-0.25, -0.2) is 4.39 Å². The highest BCUT2D eigenvalue weighted by atomic mass is 35.5. The molecule has 1 saturated heterocycles. The van der Waals surface area contributed by atoms with E-state index in [2.05, 4.69) is 10.1 Å². The van der Waals surface area contributed by atoms with Crippen molar-refractivity contribution in [2.24, 2.45) is 0 Å². The fraction of sp³-hybridized carbons (Fsp3) is 0.500. The second-order valence-corrected chi connectivity index (χ2v) is 4.90. The highest BCUT2D eigenvalue weighted by Gasteiger charge is 2.32. The average Bonchev–Trinajstić information content (AvgIpc) is 2.47. The van der Waals surface area contributed by atoms with Crippen molar-refractivity contribution in [3.8, 4) is 11.8 Å². The molecule has 1 heterocycles. The summed E-state index contributed by atoms with van der Waals surface area (Å²) >= 11 is 0. The van der Waals surface area contributed by atoms with Crippen LogP contribution in [0.25, 0.3) is 0 Å². The standard InChI is InChI=1S/C14H15F4N3O.2ClH/c15-11-9-10(1-2-13(11)22-14(16,17)18)12(3-4-19)21-7-5-20-6-8-21;;/h1-2,9,12,20H,3,5-8H2;2*1H/t12-;;/m1../s1. The molecule has 136 valence electrons. The first-order valence-corrected chi connectivity index (χ1v) is 6.77. The first-order chi connectivity index (χ1) is 10.4. The topological polar surface area (TPSA) is 48.3 Å². The molecule has 0 aromatic heterocycles. The summed E-state index contributed by atoms with van der Waals surface area (Å²) in [6, 6.07) is 5.02. The number of halogens is 6. The average molecular weight is 390 g/mol. The molecule has 0 amide bonds. The van der Waals surface area contributed by atoms with Gasteiger partial charge >= 0.3 is 6.36 Å². The van der Waals surface area contributed by atoms with Gasteiger partial charge in [0.15, 0.2) is 11.6 Å². The van der Waals surface area contributed by atoms with E-state index in [0.29, 0.717) is 18.7 Å². The molecule has 1 aromatic rings. The minimum absolute atomic E-state index is 0. The van der Waals surface area contributed by atoms with Crippen LogP contribution in [0.3, 0.4) is 0 Å². The van der Waals surface area contributed by atoms with Crippen LogP contribution < -0.4 is 10.1 Å². The summed E-state index contributed by atoms with van der Waals surface area (Å²) in [6.07, 6.45) is -4.80. The number of rotatable bonds is 4. The van der Waals surface area contributed by atoms with Crippen molar-refractivity contribution in [3.05, 3.63) is 29.6 Å². The number of nitrogens with zero attached hydrogens (tertiary/aromatic N) is 2. The van der Waals surface area contributed by atoms with Crippen molar-refractivity contribution in [2.45, 2.75) is 18.8 Å². The molecule has 1 N–H and O–H groups in total. The lowest BCUT2D eigenvalue weighted by atomic mass is 10.0. The largest absolute Gasteiger partial charge is 0.573 e. The van der Waals surface area contributed by atoms with E-state index < -0.39 is 17.9 Å². The zero-order chi connectivity index (χ0) is 16.2. The molecule has 1 fully saturated rings. The van der Waals surface area contributed by atoms with Crippen LogP contribution in [0.2, 0.25) is 0 Å². The number of alkyl halides is 3. The molecule has 4 nitrogen and oxygen atoms in total. The minimum Gasteiger partial charge on any atom is -0.403 e. The van der Waals surface area contributed by atoms with Gasteiger partial charge in [0.25, 0.3) is 0 Å². The van der Waals surface area contributed by atoms with Crippen LogP contribution >= 0.6 is 24.8 Å². The summed E-state index contributed by atoms with van der Waals surface area (Å²) in [5.74, 6) is -1.96. The number of benzene rings is 1. The fourth-order valence-electron chi connectivity index (χ4n) is 2.47. The van der Waals surface area contributed by atoms with E-state index in [4.69, 9.17) is 5.26 Å². The maximum absolute atomic E-state index is 13.8. The molecule has 0 radical (unpaired) electrons. The molecule has 0 unspecified atom stereocenters. The highest BCUT2D eigenvalue weighted by molar-refractivity contribution is 5.85. The second kappa shape index (κ2) is 9.89. The summed E-state index contributed by atoms with van der Waals surface area (Å²) < 4.78 is 53.9. The number of piperazine rings is 1. The molecule has 1 aliphatic rings. The smallest absolute Gasteiger partial charge is 0.403 e. The van der Waals surface area contributed by atoms with Gasteiger partial charge in [0.2, 0.25) is 0 Å². The Labute approximate surface area is 149 Å². The normalized spacial score (nSPS) is 16.3. The molecule has 1 aliphatic heterocycles. The van der Waals surface area contributed by atoms with Crippen molar-refractivity contribution in [1.82, 2.24) is 10.2 Å². The zero-order valence-corrected chi connectivity index (χ0v) is 14.1. The van der Waals surface area contributed by atoms with Crippen molar-refractivity contribution < 1.29 is 22.3 Å². The van der Waals surface area contributed by atoms with Crippen molar-refractivity contribution >= 4 is 24.8 Å². The Balaban J connectivity index is 0.00000264. The van der Waals surface area contributed by atoms with Crippen LogP contribution in [0.1, 0.15) is 18.0 Å². The van der Waals surface area contributed by atoms with Crippen LogP contribution in [0, 0.1) is 17.1 Å². The monoisotopic (exact) mass is 389 g/mol. The van der Waals surface area contributed by atoms with Gasteiger partial charge < -0.3 is 10.1 Å². The third kappa shape index (κ3) is 6.32. The van der Waals surface area contributed by atoms with E-state index in [1.54, 1.807) is 0 Å². The number of hydrogen-bond donors (Lipinski definition) is 1. The van der Waals surface area contributed by atoms with Gasteiger partial charge in [-0.3, -0.25) is 4.90 Å². The summed E-state index contributed by atoms with van der Waals surface area (Å²) in [5.41, 5.74) is 0.468. The Morgan fingerprint density at radius 2 is 1.88 bits per heavy atom. The number of nitriles is 1. The molecule has 0 bridgehead atoms. The predicted octanol–water partition coefficient (Wildman–Crippen LogP) is 3.43. The molecule has 0 aliphatic carbocycles. The third-order valence-corrected chi connectivity index (χ3v) is 3.44. The lowest BCUT2D eigenvalue weighted by Crippen LogP contribution is -2.45. The van der Waals surface area contributed by atoms with Crippen molar-refractivity contribution in [1.29, 1.82) is 5.26 Å². The lowest BCUT2D eigenvalue weighted by Gasteiger charge is -2.34. The fourth-order valence-corrected chi connectivity index (χ4v) is 2.47. The Hall–Kier alpha value is -1.27. The van der Waals surface area contributed by atoms with Gasteiger partial charge in [-0.05, 0) is 17.7 Å². The summed E-state index contributed by atoms with van der Waals surface area (Å²) in [6.45, 7) is 2.88. The molecule has 0 saturated carbocycles. The maximum atomic E-state index is 13.8. The Bertz CT molecular complexity index is 560. The first kappa shape index (κ1) is 22.7. The number of ether oxygens (including phenoxy) is 1. The molecular weight excluding hydrogens is 373 g/mol. The Kier molecular flexibility index (Phi) is 9.37. The Morgan fingerprint density at radius 3 is 2.38 bits per heavy atom. The third-order valence-electron chi connectivity index (χ3n) is 3.44. The van der Waals surface area contributed by atoms with Gasteiger partial charge in [-0.15, -0.1) is 38.0 Å². The van der Waals surface area contributed by atoms with Gasteiger partial charge in [-0.2, -0.15) is 5.26 Å². The van der Waals surface area contributed by atoms with Gasteiger partial charge in [0, 0.05) is 32.2 Å². The van der Waals surface area contributed by atoms with E-state index in [0.717, 1.165) is 25.2 Å². The van der Waals surface area contributed by atoms with E-state index in [-0.39, 0.29) is 37.3 Å². The summed E-state index contributed by atoms with van der Waals surface area (Å²) in [7, 11) is 0. The second-order valence-electron chi connectivity index (χ2n) is 4.90. The van der Waals surface area contributed by atoms with Gasteiger partial charge in [-0.1, -0.05) is 6.07 Å². The SMILES string of the molecule is Cl.Cl.N#CC[C@H](c1ccc(OC(F)(F)F)c(F)c1)N1CCNCC1. The lowest BCUT2D eigenvalue weighted by molar-refractivity contribution is -0.275. The molecule has 2 rings (SSSR count). The van der Waals surface area contributed by atoms with Crippen molar-refractivity contribution in [2.75, 3.05) is 26.2 Å². The molecular formula is C14H17Cl2F4N3O. The van der Waals surface area contributed by atoms with Crippen LogP contribution in [0.15, 0.2) is 18.2 Å². The molecule has 24 heavy (non-hydrogen) atoms. The minimum atomic E-state index is -4.94. The van der Waals surface area contributed by atoms with Crippen LogP contribution in [0.4, 0.5) is 17.6 Å². The van der Waals surface area contributed by atoms with E-state index in [9.17, 15) is 17.6 Å².